The number of allylic oxidation sites excluding steroid dienone is 2. The van der Waals surface area contributed by atoms with Crippen molar-refractivity contribution in [3.63, 3.8) is 0 Å². The summed E-state index contributed by atoms with van der Waals surface area (Å²) >= 11 is 0. The highest BCUT2D eigenvalue weighted by Crippen LogP contribution is 2.12. The van der Waals surface area contributed by atoms with Crippen LogP contribution in [0.5, 0.6) is 0 Å². The first-order chi connectivity index (χ1) is 19.4. The van der Waals surface area contributed by atoms with Crippen molar-refractivity contribution in [2.24, 2.45) is 5.92 Å². The number of unbranched alkanes of at least 4 members (excludes halogenated alkanes) is 1. The number of hydrogen-bond acceptors (Lipinski definition) is 6. The molecule has 0 fully saturated rings. The van der Waals surface area contributed by atoms with E-state index >= 15 is 0 Å². The number of hydrogen-bond donors (Lipinski definition) is 3. The lowest BCUT2D eigenvalue weighted by Crippen LogP contribution is -2.46. The van der Waals surface area contributed by atoms with Crippen LogP contribution in [-0.2, 0) is 36.9 Å². The number of carbonyl (C=O) groups excluding carboxylic acids is 3. The number of amides is 2. The Morgan fingerprint density at radius 3 is 2.17 bits per heavy atom. The van der Waals surface area contributed by atoms with E-state index in [4.69, 9.17) is 9.47 Å². The Balaban J connectivity index is 1.97. The Bertz CT molecular complexity index is 1040. The van der Waals surface area contributed by atoms with E-state index in [0.717, 1.165) is 11.1 Å². The van der Waals surface area contributed by atoms with Gasteiger partial charge >= 0.3 is 5.97 Å². The number of aliphatic hydroxyl groups is 1. The molecule has 0 saturated heterocycles. The number of ether oxygens (including phenoxy) is 2. The summed E-state index contributed by atoms with van der Waals surface area (Å²) in [5.41, 5.74) is 1.96. The zero-order valence-corrected chi connectivity index (χ0v) is 23.1. The zero-order valence-electron chi connectivity index (χ0n) is 23.1. The van der Waals surface area contributed by atoms with Crippen molar-refractivity contribution in [3.05, 3.63) is 97.1 Å². The maximum atomic E-state index is 13.2. The topological polar surface area (TPSA) is 114 Å². The molecule has 0 unspecified atom stereocenters. The molecule has 216 valence electrons. The largest absolute Gasteiger partial charge is 0.463 e. The van der Waals surface area contributed by atoms with E-state index in [2.05, 4.69) is 23.8 Å². The summed E-state index contributed by atoms with van der Waals surface area (Å²) in [6.45, 7) is 7.56. The predicted octanol–water partition coefficient (Wildman–Crippen LogP) is 3.89. The molecule has 0 aliphatic rings. The molecule has 8 nitrogen and oxygen atoms in total. The van der Waals surface area contributed by atoms with Gasteiger partial charge in [0.05, 0.1) is 37.8 Å². The van der Waals surface area contributed by atoms with Crippen LogP contribution in [0.3, 0.4) is 0 Å². The number of aliphatic hydroxyl groups excluding tert-OH is 1. The van der Waals surface area contributed by atoms with E-state index in [9.17, 15) is 19.5 Å². The van der Waals surface area contributed by atoms with Gasteiger partial charge in [0, 0.05) is 12.8 Å². The van der Waals surface area contributed by atoms with E-state index in [0.29, 0.717) is 25.9 Å². The molecule has 0 aromatic heterocycles. The van der Waals surface area contributed by atoms with Gasteiger partial charge in [0.1, 0.15) is 6.61 Å². The van der Waals surface area contributed by atoms with Crippen molar-refractivity contribution in [1.82, 2.24) is 10.6 Å². The predicted molar refractivity (Wildman–Crippen MR) is 155 cm³/mol. The van der Waals surface area contributed by atoms with Crippen molar-refractivity contribution in [2.75, 3.05) is 19.8 Å². The lowest BCUT2D eigenvalue weighted by molar-refractivity contribution is -0.146. The fourth-order valence-corrected chi connectivity index (χ4v) is 4.05. The Labute approximate surface area is 237 Å². The second-order valence-electron chi connectivity index (χ2n) is 9.63. The number of carbonyl (C=O) groups is 3. The summed E-state index contributed by atoms with van der Waals surface area (Å²) in [6.07, 6.45) is 5.61. The third-order valence-electron chi connectivity index (χ3n) is 6.18. The van der Waals surface area contributed by atoms with E-state index in [-0.39, 0.29) is 56.9 Å². The first-order valence-electron chi connectivity index (χ1n) is 13.7. The van der Waals surface area contributed by atoms with Crippen molar-refractivity contribution >= 4 is 17.8 Å². The van der Waals surface area contributed by atoms with Crippen LogP contribution in [0.4, 0.5) is 0 Å². The van der Waals surface area contributed by atoms with Gasteiger partial charge in [0.25, 0.3) is 0 Å². The number of nitrogens with one attached hydrogen (secondary N) is 2. The quantitative estimate of drug-likeness (QED) is 0.131. The average molecular weight is 551 g/mol. The summed E-state index contributed by atoms with van der Waals surface area (Å²) in [4.78, 5) is 38.2. The van der Waals surface area contributed by atoms with E-state index in [1.165, 1.54) is 0 Å². The molecule has 0 radical (unpaired) electrons. The highest BCUT2D eigenvalue weighted by Gasteiger charge is 2.25. The van der Waals surface area contributed by atoms with Gasteiger partial charge in [-0.3, -0.25) is 14.4 Å². The van der Waals surface area contributed by atoms with E-state index in [1.54, 1.807) is 12.2 Å². The molecule has 2 aromatic carbocycles. The van der Waals surface area contributed by atoms with Crippen molar-refractivity contribution in [2.45, 2.75) is 57.2 Å². The van der Waals surface area contributed by atoms with Crippen molar-refractivity contribution in [1.29, 1.82) is 0 Å². The third kappa shape index (κ3) is 13.4. The summed E-state index contributed by atoms with van der Waals surface area (Å²) in [5.74, 6) is -1.76. The van der Waals surface area contributed by atoms with Gasteiger partial charge < -0.3 is 25.2 Å². The molecule has 2 rings (SSSR count). The van der Waals surface area contributed by atoms with Gasteiger partial charge in [-0.2, -0.15) is 0 Å². The van der Waals surface area contributed by atoms with E-state index in [1.807, 2.05) is 60.7 Å². The molecule has 0 spiro atoms. The van der Waals surface area contributed by atoms with Gasteiger partial charge in [-0.1, -0.05) is 72.8 Å². The minimum Gasteiger partial charge on any atom is -0.463 e. The molecule has 0 heterocycles. The monoisotopic (exact) mass is 550 g/mol. The normalized spacial score (nSPS) is 12.9. The van der Waals surface area contributed by atoms with Crippen LogP contribution in [-0.4, -0.2) is 54.8 Å². The lowest BCUT2D eigenvalue weighted by atomic mass is 9.98. The van der Waals surface area contributed by atoms with Gasteiger partial charge in [0.15, 0.2) is 0 Å². The Hall–Kier alpha value is -3.75. The fraction of sp³-hybridized carbons (Fsp3) is 0.406. The van der Waals surface area contributed by atoms with Gasteiger partial charge in [0.2, 0.25) is 11.8 Å². The molecule has 0 aliphatic heterocycles. The highest BCUT2D eigenvalue weighted by molar-refractivity contribution is 5.86. The standard InChI is InChI=1S/C32H42N2O6/c1-3-5-8-18-31(37)40-24-29(23-39-22-26-16-11-7-12-17-26)34-32(38)27(13-4-2)20-30(36)33-28(21-35)19-25-14-9-6-10-15-25/h3-4,6-7,9-12,14-17,27-29,35H,1-2,5,8,13,18-24H2,(H,33,36)(H,34,38)/t27-,28+,29+/m1/s1. The Morgan fingerprint density at radius 2 is 1.55 bits per heavy atom. The number of esters is 1. The van der Waals surface area contributed by atoms with Crippen molar-refractivity contribution in [3.8, 4) is 0 Å². The smallest absolute Gasteiger partial charge is 0.305 e. The average Bonchev–Trinajstić information content (AvgIpc) is 2.96. The van der Waals surface area contributed by atoms with E-state index < -0.39 is 18.0 Å². The summed E-state index contributed by atoms with van der Waals surface area (Å²) in [5, 5.41) is 15.5. The van der Waals surface area contributed by atoms with Crippen LogP contribution < -0.4 is 10.6 Å². The number of benzene rings is 2. The molecule has 40 heavy (non-hydrogen) atoms. The fourth-order valence-electron chi connectivity index (χ4n) is 4.05. The van der Waals surface area contributed by atoms with Crippen LogP contribution in [0, 0.1) is 5.92 Å². The molecule has 2 amide bonds. The second-order valence-corrected chi connectivity index (χ2v) is 9.63. The molecular formula is C32H42N2O6. The van der Waals surface area contributed by atoms with Gasteiger partial charge in [-0.05, 0) is 36.8 Å². The molecule has 8 heteroatoms. The molecular weight excluding hydrogens is 508 g/mol. The first-order valence-corrected chi connectivity index (χ1v) is 13.7. The molecule has 2 aromatic rings. The van der Waals surface area contributed by atoms with Crippen molar-refractivity contribution < 1.29 is 29.0 Å². The molecule has 3 N–H and O–H groups in total. The maximum Gasteiger partial charge on any atom is 0.305 e. The van der Waals surface area contributed by atoms with Crippen LogP contribution in [0.1, 0.15) is 43.2 Å². The van der Waals surface area contributed by atoms with Gasteiger partial charge in [-0.25, -0.2) is 0 Å². The van der Waals surface area contributed by atoms with Crippen LogP contribution in [0.15, 0.2) is 86.0 Å². The minimum atomic E-state index is -0.687. The van der Waals surface area contributed by atoms with Crippen LogP contribution >= 0.6 is 0 Å². The molecule has 0 aliphatic carbocycles. The first kappa shape index (κ1) is 32.5. The maximum absolute atomic E-state index is 13.2. The molecule has 3 atom stereocenters. The van der Waals surface area contributed by atoms with Gasteiger partial charge in [-0.15, -0.1) is 13.2 Å². The Kier molecular flexibility index (Phi) is 15.7. The molecule has 0 saturated carbocycles. The van der Waals surface area contributed by atoms with Crippen LogP contribution in [0.25, 0.3) is 0 Å². The SMILES string of the molecule is C=CCCCC(=O)OC[C@H](COCc1ccccc1)NC(=O)[C@H](CC=C)CC(=O)N[C@H](CO)Cc1ccccc1. The summed E-state index contributed by atoms with van der Waals surface area (Å²) < 4.78 is 11.2. The highest BCUT2D eigenvalue weighted by atomic mass is 16.5. The number of rotatable bonds is 20. The zero-order chi connectivity index (χ0) is 29.0. The van der Waals surface area contributed by atoms with Crippen LogP contribution in [0.2, 0.25) is 0 Å². The third-order valence-corrected chi connectivity index (χ3v) is 6.18. The molecule has 0 bridgehead atoms. The Morgan fingerprint density at radius 1 is 0.875 bits per heavy atom. The minimum absolute atomic E-state index is 0.0515. The summed E-state index contributed by atoms with van der Waals surface area (Å²) in [7, 11) is 0. The summed E-state index contributed by atoms with van der Waals surface area (Å²) in [6, 6.07) is 18.1. The second kappa shape index (κ2) is 19.3. The lowest BCUT2D eigenvalue weighted by Gasteiger charge is -2.23.